The minimum absolute atomic E-state index is 0.0597. The van der Waals surface area contributed by atoms with Gasteiger partial charge in [-0.2, -0.15) is 0 Å². The van der Waals surface area contributed by atoms with E-state index in [4.69, 9.17) is 5.73 Å². The van der Waals surface area contributed by atoms with Gasteiger partial charge >= 0.3 is 0 Å². The Bertz CT molecular complexity index is 615. The van der Waals surface area contributed by atoms with Crippen LogP contribution in [0.1, 0.15) is 29.2 Å². The van der Waals surface area contributed by atoms with E-state index < -0.39 is 0 Å². The molecule has 6 heteroatoms. The molecule has 0 unspecified atom stereocenters. The molecule has 20 heavy (non-hydrogen) atoms. The zero-order valence-electron chi connectivity index (χ0n) is 11.4. The second kappa shape index (κ2) is 4.96. The number of nitrogens with two attached hydrogens (primary N) is 1. The van der Waals surface area contributed by atoms with Gasteiger partial charge in [0.15, 0.2) is 0 Å². The molecule has 104 valence electrons. The number of pyridine rings is 1. The Labute approximate surface area is 117 Å². The first-order valence-electron chi connectivity index (χ1n) is 6.64. The van der Waals surface area contributed by atoms with E-state index in [1.54, 1.807) is 18.3 Å². The van der Waals surface area contributed by atoms with Gasteiger partial charge in [0.2, 0.25) is 0 Å². The summed E-state index contributed by atoms with van der Waals surface area (Å²) in [5.74, 6) is 0.816. The number of nitrogens with zero attached hydrogens (tertiary/aromatic N) is 4. The summed E-state index contributed by atoms with van der Waals surface area (Å²) in [5.41, 5.74) is 6.59. The Hall–Kier alpha value is -2.37. The molecule has 0 aliphatic heterocycles. The SMILES string of the molecule is Cn1ccnc1CN(C(=O)c1ccc(N)cn1)C1CC1. The average Bonchev–Trinajstić information content (AvgIpc) is 3.20. The van der Waals surface area contributed by atoms with Gasteiger partial charge in [-0.3, -0.25) is 4.79 Å². The molecule has 2 aromatic rings. The molecule has 1 aliphatic rings. The van der Waals surface area contributed by atoms with E-state index in [1.165, 1.54) is 6.20 Å². The molecule has 2 aromatic heterocycles. The van der Waals surface area contributed by atoms with Crippen LogP contribution < -0.4 is 5.73 Å². The minimum atomic E-state index is -0.0597. The van der Waals surface area contributed by atoms with Crippen molar-refractivity contribution >= 4 is 11.6 Å². The van der Waals surface area contributed by atoms with Crippen LogP contribution >= 0.6 is 0 Å². The lowest BCUT2D eigenvalue weighted by molar-refractivity contribution is 0.0718. The van der Waals surface area contributed by atoms with Crippen molar-refractivity contribution in [2.24, 2.45) is 7.05 Å². The maximum atomic E-state index is 12.6. The van der Waals surface area contributed by atoms with E-state index in [0.717, 1.165) is 18.7 Å². The number of rotatable bonds is 4. The third-order valence-corrected chi connectivity index (χ3v) is 3.49. The number of carbonyl (C=O) groups is 1. The summed E-state index contributed by atoms with van der Waals surface area (Å²) >= 11 is 0. The van der Waals surface area contributed by atoms with Crippen LogP contribution in [0.4, 0.5) is 5.69 Å². The Morgan fingerprint density at radius 3 is 2.80 bits per heavy atom. The monoisotopic (exact) mass is 271 g/mol. The maximum Gasteiger partial charge on any atom is 0.273 e. The normalized spacial score (nSPS) is 14.2. The van der Waals surface area contributed by atoms with E-state index in [0.29, 0.717) is 24.0 Å². The number of imidazole rings is 1. The van der Waals surface area contributed by atoms with Crippen LogP contribution in [0, 0.1) is 0 Å². The smallest absolute Gasteiger partial charge is 0.273 e. The van der Waals surface area contributed by atoms with Crippen molar-refractivity contribution in [1.29, 1.82) is 0 Å². The van der Waals surface area contributed by atoms with Crippen LogP contribution in [0.2, 0.25) is 0 Å². The zero-order valence-corrected chi connectivity index (χ0v) is 11.4. The second-order valence-electron chi connectivity index (χ2n) is 5.10. The van der Waals surface area contributed by atoms with E-state index >= 15 is 0 Å². The number of aryl methyl sites for hydroxylation is 1. The second-order valence-corrected chi connectivity index (χ2v) is 5.10. The molecule has 0 saturated heterocycles. The molecule has 0 atom stereocenters. The lowest BCUT2D eigenvalue weighted by atomic mass is 10.3. The van der Waals surface area contributed by atoms with Gasteiger partial charge in [-0.1, -0.05) is 0 Å². The highest BCUT2D eigenvalue weighted by molar-refractivity contribution is 5.92. The molecule has 1 fully saturated rings. The first-order valence-corrected chi connectivity index (χ1v) is 6.64. The summed E-state index contributed by atoms with van der Waals surface area (Å²) in [4.78, 5) is 22.8. The van der Waals surface area contributed by atoms with Crippen LogP contribution in [0.15, 0.2) is 30.7 Å². The summed E-state index contributed by atoms with van der Waals surface area (Å²) < 4.78 is 1.93. The third-order valence-electron chi connectivity index (χ3n) is 3.49. The van der Waals surface area contributed by atoms with Gasteiger partial charge in [0.1, 0.15) is 11.5 Å². The number of hydrogen-bond donors (Lipinski definition) is 1. The van der Waals surface area contributed by atoms with Gasteiger partial charge in [0.25, 0.3) is 5.91 Å². The summed E-state index contributed by atoms with van der Waals surface area (Å²) in [6.07, 6.45) is 7.23. The molecular weight excluding hydrogens is 254 g/mol. The molecule has 0 radical (unpaired) electrons. The van der Waals surface area contributed by atoms with Crippen LogP contribution in [0.3, 0.4) is 0 Å². The first kappa shape index (κ1) is 12.7. The minimum Gasteiger partial charge on any atom is -0.397 e. The van der Waals surface area contributed by atoms with E-state index in [9.17, 15) is 4.79 Å². The fourth-order valence-electron chi connectivity index (χ4n) is 2.13. The highest BCUT2D eigenvalue weighted by atomic mass is 16.2. The molecule has 0 aromatic carbocycles. The molecule has 1 saturated carbocycles. The molecule has 6 nitrogen and oxygen atoms in total. The van der Waals surface area contributed by atoms with Crippen LogP contribution in [-0.4, -0.2) is 31.4 Å². The molecule has 2 N–H and O–H groups in total. The predicted octanol–water partition coefficient (Wildman–Crippen LogP) is 1.20. The molecule has 2 heterocycles. The summed E-state index contributed by atoms with van der Waals surface area (Å²) in [6.45, 7) is 0.513. The van der Waals surface area contributed by atoms with E-state index in [1.807, 2.05) is 22.7 Å². The van der Waals surface area contributed by atoms with E-state index in [2.05, 4.69) is 9.97 Å². The van der Waals surface area contributed by atoms with Crippen molar-refractivity contribution in [2.75, 3.05) is 5.73 Å². The Morgan fingerprint density at radius 1 is 1.45 bits per heavy atom. The van der Waals surface area contributed by atoms with Gasteiger partial charge in [-0.05, 0) is 25.0 Å². The predicted molar refractivity (Wildman–Crippen MR) is 74.8 cm³/mol. The average molecular weight is 271 g/mol. The fourth-order valence-corrected chi connectivity index (χ4v) is 2.13. The van der Waals surface area contributed by atoms with Gasteiger partial charge in [-0.25, -0.2) is 9.97 Å². The molecular formula is C14H17N5O. The summed E-state index contributed by atoms with van der Waals surface area (Å²) in [6, 6.07) is 3.68. The van der Waals surface area contributed by atoms with E-state index in [-0.39, 0.29) is 5.91 Å². The van der Waals surface area contributed by atoms with Crippen molar-refractivity contribution in [3.05, 3.63) is 42.2 Å². The van der Waals surface area contributed by atoms with Crippen molar-refractivity contribution in [2.45, 2.75) is 25.4 Å². The Balaban J connectivity index is 1.82. The van der Waals surface area contributed by atoms with Crippen molar-refractivity contribution in [1.82, 2.24) is 19.4 Å². The zero-order chi connectivity index (χ0) is 14.1. The lowest BCUT2D eigenvalue weighted by Gasteiger charge is -2.21. The highest BCUT2D eigenvalue weighted by Gasteiger charge is 2.34. The van der Waals surface area contributed by atoms with Gasteiger partial charge in [0, 0.05) is 25.5 Å². The quantitative estimate of drug-likeness (QED) is 0.906. The largest absolute Gasteiger partial charge is 0.397 e. The number of anilines is 1. The van der Waals surface area contributed by atoms with Gasteiger partial charge in [-0.15, -0.1) is 0 Å². The van der Waals surface area contributed by atoms with Gasteiger partial charge in [0.05, 0.1) is 18.4 Å². The molecule has 0 spiro atoms. The summed E-state index contributed by atoms with van der Waals surface area (Å²) in [7, 11) is 1.93. The Morgan fingerprint density at radius 2 is 2.25 bits per heavy atom. The first-order chi connectivity index (χ1) is 9.65. The number of hydrogen-bond acceptors (Lipinski definition) is 4. The van der Waals surface area contributed by atoms with Crippen LogP contribution in [0.5, 0.6) is 0 Å². The summed E-state index contributed by atoms with van der Waals surface area (Å²) in [5, 5.41) is 0. The molecule has 1 aliphatic carbocycles. The lowest BCUT2D eigenvalue weighted by Crippen LogP contribution is -2.34. The molecule has 0 bridgehead atoms. The topological polar surface area (TPSA) is 77.0 Å². The molecule has 3 rings (SSSR count). The fraction of sp³-hybridized carbons (Fsp3) is 0.357. The standard InChI is InChI=1S/C14H17N5O/c1-18-7-6-16-13(18)9-19(11-3-4-11)14(20)12-5-2-10(15)8-17-12/h2,5-8,11H,3-4,9,15H2,1H3. The number of amides is 1. The molecule has 1 amide bonds. The highest BCUT2D eigenvalue weighted by Crippen LogP contribution is 2.29. The van der Waals surface area contributed by atoms with Gasteiger partial charge < -0.3 is 15.2 Å². The van der Waals surface area contributed by atoms with Crippen molar-refractivity contribution in [3.63, 3.8) is 0 Å². The van der Waals surface area contributed by atoms with Crippen molar-refractivity contribution in [3.8, 4) is 0 Å². The van der Waals surface area contributed by atoms with Crippen molar-refractivity contribution < 1.29 is 4.79 Å². The number of aromatic nitrogens is 3. The third kappa shape index (κ3) is 2.49. The van der Waals surface area contributed by atoms with Crippen LogP contribution in [-0.2, 0) is 13.6 Å². The van der Waals surface area contributed by atoms with Crippen LogP contribution in [0.25, 0.3) is 0 Å². The maximum absolute atomic E-state index is 12.6. The Kier molecular flexibility index (Phi) is 3.14. The number of carbonyl (C=O) groups excluding carboxylic acids is 1. The number of nitrogen functional groups attached to an aromatic ring is 1.